The van der Waals surface area contributed by atoms with Crippen LogP contribution in [0.1, 0.15) is 15.9 Å². The smallest absolute Gasteiger partial charge is 0.326 e. The standard InChI is InChI=1S/C14H12BrNO5/c15-12-10(5-6-21-12)13(18)16-11(14(19)20)7-8-1-3-9(17)4-2-8/h1-6,11,17H,7H2,(H,16,18)(H,19,20)/t11-/m0/s1. The van der Waals surface area contributed by atoms with Crippen LogP contribution in [0, 0.1) is 0 Å². The van der Waals surface area contributed by atoms with Gasteiger partial charge in [-0.15, -0.1) is 0 Å². The Labute approximate surface area is 128 Å². The third-order valence-electron chi connectivity index (χ3n) is 2.84. The number of carboxylic acids is 1. The summed E-state index contributed by atoms with van der Waals surface area (Å²) in [5, 5.41) is 20.8. The van der Waals surface area contributed by atoms with Gasteiger partial charge in [-0.25, -0.2) is 4.79 Å². The molecule has 3 N–H and O–H groups in total. The quantitative estimate of drug-likeness (QED) is 0.764. The molecular weight excluding hydrogens is 342 g/mol. The van der Waals surface area contributed by atoms with E-state index in [-0.39, 0.29) is 22.4 Å². The molecular formula is C14H12BrNO5. The Morgan fingerprint density at radius 3 is 2.43 bits per heavy atom. The molecule has 2 aromatic rings. The number of hydrogen-bond acceptors (Lipinski definition) is 4. The summed E-state index contributed by atoms with van der Waals surface area (Å²) in [7, 11) is 0. The molecule has 1 aromatic heterocycles. The van der Waals surface area contributed by atoms with Crippen molar-refractivity contribution >= 4 is 27.8 Å². The van der Waals surface area contributed by atoms with E-state index < -0.39 is 17.9 Å². The van der Waals surface area contributed by atoms with Gasteiger partial charge in [0.2, 0.25) is 0 Å². The largest absolute Gasteiger partial charge is 0.508 e. The summed E-state index contributed by atoms with van der Waals surface area (Å²) < 4.78 is 5.18. The van der Waals surface area contributed by atoms with Crippen LogP contribution in [0.2, 0.25) is 0 Å². The number of phenolic OH excluding ortho intramolecular Hbond substituents is 1. The number of carbonyl (C=O) groups is 2. The Hall–Kier alpha value is -2.28. The minimum atomic E-state index is -1.14. The molecule has 0 aliphatic heterocycles. The van der Waals surface area contributed by atoms with Crippen LogP contribution in [0.4, 0.5) is 0 Å². The zero-order chi connectivity index (χ0) is 15.4. The van der Waals surface area contributed by atoms with E-state index in [1.165, 1.54) is 24.5 Å². The fourth-order valence-electron chi connectivity index (χ4n) is 1.76. The third kappa shape index (κ3) is 3.85. The van der Waals surface area contributed by atoms with E-state index in [1.54, 1.807) is 12.1 Å². The minimum absolute atomic E-state index is 0.0944. The topological polar surface area (TPSA) is 99.8 Å². The van der Waals surface area contributed by atoms with Crippen LogP contribution in [-0.4, -0.2) is 28.1 Å². The first-order chi connectivity index (χ1) is 9.97. The van der Waals surface area contributed by atoms with Crippen molar-refractivity contribution in [1.82, 2.24) is 5.32 Å². The lowest BCUT2D eigenvalue weighted by atomic mass is 10.1. The second-order valence-corrected chi connectivity index (χ2v) is 5.06. The van der Waals surface area contributed by atoms with Crippen LogP contribution in [-0.2, 0) is 11.2 Å². The van der Waals surface area contributed by atoms with Crippen LogP contribution in [0.25, 0.3) is 0 Å². The van der Waals surface area contributed by atoms with Gasteiger partial charge in [-0.2, -0.15) is 0 Å². The molecule has 1 heterocycles. The number of carbonyl (C=O) groups excluding carboxylic acids is 1. The Bertz CT molecular complexity index is 650. The molecule has 0 spiro atoms. The molecule has 2 rings (SSSR count). The van der Waals surface area contributed by atoms with Crippen molar-refractivity contribution in [3.63, 3.8) is 0 Å². The van der Waals surface area contributed by atoms with E-state index >= 15 is 0 Å². The molecule has 1 atom stereocenters. The Balaban J connectivity index is 2.09. The lowest BCUT2D eigenvalue weighted by Gasteiger charge is -2.14. The number of furan rings is 1. The zero-order valence-corrected chi connectivity index (χ0v) is 12.3. The molecule has 0 bridgehead atoms. The fraction of sp³-hybridized carbons (Fsp3) is 0.143. The zero-order valence-electron chi connectivity index (χ0n) is 10.7. The first-order valence-corrected chi connectivity index (χ1v) is 6.81. The third-order valence-corrected chi connectivity index (χ3v) is 3.46. The van der Waals surface area contributed by atoms with Crippen molar-refractivity contribution in [3.8, 4) is 5.75 Å². The van der Waals surface area contributed by atoms with Gasteiger partial charge < -0.3 is 19.9 Å². The Morgan fingerprint density at radius 1 is 1.24 bits per heavy atom. The number of halogens is 1. The van der Waals surface area contributed by atoms with E-state index in [9.17, 15) is 19.8 Å². The summed E-state index contributed by atoms with van der Waals surface area (Å²) in [6.07, 6.45) is 1.44. The SMILES string of the molecule is O=C(N[C@@H](Cc1ccc(O)cc1)C(=O)O)c1ccoc1Br. The van der Waals surface area contributed by atoms with E-state index in [4.69, 9.17) is 4.42 Å². The molecule has 110 valence electrons. The van der Waals surface area contributed by atoms with Gasteiger partial charge in [-0.05, 0) is 39.7 Å². The van der Waals surface area contributed by atoms with Gasteiger partial charge in [-0.1, -0.05) is 12.1 Å². The summed E-state index contributed by atoms with van der Waals surface area (Å²) in [5.74, 6) is -1.59. The molecule has 0 unspecified atom stereocenters. The maximum atomic E-state index is 12.0. The number of benzene rings is 1. The molecule has 7 heteroatoms. The number of aromatic hydroxyl groups is 1. The van der Waals surface area contributed by atoms with Crippen LogP contribution < -0.4 is 5.32 Å². The van der Waals surface area contributed by atoms with Crippen LogP contribution >= 0.6 is 15.9 Å². The second-order valence-electron chi connectivity index (χ2n) is 4.34. The molecule has 0 aliphatic carbocycles. The summed E-state index contributed by atoms with van der Waals surface area (Å²) in [6, 6.07) is 6.49. The van der Waals surface area contributed by atoms with Crippen molar-refractivity contribution in [2.75, 3.05) is 0 Å². The molecule has 21 heavy (non-hydrogen) atoms. The molecule has 0 fully saturated rings. The van der Waals surface area contributed by atoms with Crippen molar-refractivity contribution in [3.05, 3.63) is 52.4 Å². The summed E-state index contributed by atoms with van der Waals surface area (Å²) >= 11 is 3.07. The average molecular weight is 354 g/mol. The molecule has 1 amide bonds. The number of nitrogens with one attached hydrogen (secondary N) is 1. The van der Waals surface area contributed by atoms with Gasteiger partial charge >= 0.3 is 5.97 Å². The highest BCUT2D eigenvalue weighted by Crippen LogP contribution is 2.18. The molecule has 1 aromatic carbocycles. The maximum absolute atomic E-state index is 12.0. The molecule has 0 saturated heterocycles. The van der Waals surface area contributed by atoms with Crippen LogP contribution in [0.5, 0.6) is 5.75 Å². The predicted octanol–water partition coefficient (Wildman–Crippen LogP) is 2.17. The first-order valence-electron chi connectivity index (χ1n) is 6.02. The molecule has 0 saturated carbocycles. The number of amides is 1. The lowest BCUT2D eigenvalue weighted by molar-refractivity contribution is -0.139. The van der Waals surface area contributed by atoms with Crippen molar-refractivity contribution in [2.24, 2.45) is 0 Å². The molecule has 0 radical (unpaired) electrons. The Kier molecular flexibility index (Phi) is 4.64. The minimum Gasteiger partial charge on any atom is -0.508 e. The second kappa shape index (κ2) is 6.45. The number of phenols is 1. The van der Waals surface area contributed by atoms with E-state index in [1.807, 2.05) is 0 Å². The van der Waals surface area contributed by atoms with E-state index in [2.05, 4.69) is 21.2 Å². The summed E-state index contributed by atoms with van der Waals surface area (Å²) in [6.45, 7) is 0. The highest BCUT2D eigenvalue weighted by Gasteiger charge is 2.23. The first kappa shape index (κ1) is 15.1. The van der Waals surface area contributed by atoms with Crippen LogP contribution in [0.15, 0.2) is 45.7 Å². The lowest BCUT2D eigenvalue weighted by Crippen LogP contribution is -2.42. The van der Waals surface area contributed by atoms with Crippen molar-refractivity contribution < 1.29 is 24.2 Å². The summed E-state index contributed by atoms with van der Waals surface area (Å²) in [4.78, 5) is 23.2. The highest BCUT2D eigenvalue weighted by molar-refractivity contribution is 9.10. The monoisotopic (exact) mass is 353 g/mol. The predicted molar refractivity (Wildman–Crippen MR) is 77.1 cm³/mol. The average Bonchev–Trinajstić information content (AvgIpc) is 2.86. The number of aliphatic carboxylic acids is 1. The number of carboxylic acid groups (broad SMARTS) is 1. The fourth-order valence-corrected chi connectivity index (χ4v) is 2.18. The van der Waals surface area contributed by atoms with Gasteiger partial charge in [0.25, 0.3) is 5.91 Å². The Morgan fingerprint density at radius 2 is 1.90 bits per heavy atom. The van der Waals surface area contributed by atoms with Crippen molar-refractivity contribution in [2.45, 2.75) is 12.5 Å². The van der Waals surface area contributed by atoms with Gasteiger partial charge in [0, 0.05) is 6.42 Å². The number of hydrogen-bond donors (Lipinski definition) is 3. The van der Waals surface area contributed by atoms with Gasteiger partial charge in [0.05, 0.1) is 11.8 Å². The maximum Gasteiger partial charge on any atom is 0.326 e. The summed E-state index contributed by atoms with van der Waals surface area (Å²) in [5.41, 5.74) is 0.915. The van der Waals surface area contributed by atoms with E-state index in [0.29, 0.717) is 5.56 Å². The van der Waals surface area contributed by atoms with E-state index in [0.717, 1.165) is 0 Å². The van der Waals surface area contributed by atoms with Crippen LogP contribution in [0.3, 0.4) is 0 Å². The van der Waals surface area contributed by atoms with Gasteiger partial charge in [0.1, 0.15) is 11.8 Å². The molecule has 0 aliphatic rings. The molecule has 6 nitrogen and oxygen atoms in total. The number of rotatable bonds is 5. The van der Waals surface area contributed by atoms with Crippen molar-refractivity contribution in [1.29, 1.82) is 0 Å². The van der Waals surface area contributed by atoms with Gasteiger partial charge in [-0.3, -0.25) is 4.79 Å². The normalized spacial score (nSPS) is 11.9. The van der Waals surface area contributed by atoms with Gasteiger partial charge in [0.15, 0.2) is 4.67 Å². The highest BCUT2D eigenvalue weighted by atomic mass is 79.9.